The average Bonchev–Trinajstić information content (AvgIpc) is 3.39. The van der Waals surface area contributed by atoms with E-state index in [1.807, 2.05) is 42.5 Å². The maximum Gasteiger partial charge on any atom is 0.325 e. The van der Waals surface area contributed by atoms with Crippen LogP contribution < -0.4 is 5.56 Å². The topological polar surface area (TPSA) is 76.7 Å². The Hall–Kier alpha value is -3.82. The van der Waals surface area contributed by atoms with Crippen LogP contribution in [0.4, 0.5) is 0 Å². The number of allylic oxidation sites excluding steroid dienone is 3. The minimum Gasteiger partial charge on any atom is -0.494 e. The van der Waals surface area contributed by atoms with Crippen LogP contribution in [0, 0.1) is 4.77 Å². The molecule has 9 heteroatoms. The van der Waals surface area contributed by atoms with Gasteiger partial charge in [0, 0.05) is 18.5 Å². The van der Waals surface area contributed by atoms with Crippen LogP contribution in [0.3, 0.4) is 0 Å². The molecule has 3 aromatic rings. The van der Waals surface area contributed by atoms with E-state index in [4.69, 9.17) is 17.0 Å². The highest BCUT2D eigenvalue weighted by atomic mass is 32.2. The second kappa shape index (κ2) is 11.7. The van der Waals surface area contributed by atoms with Gasteiger partial charge < -0.3 is 14.7 Å². The summed E-state index contributed by atoms with van der Waals surface area (Å²) in [7, 11) is 2.86. The normalized spacial score (nSPS) is 17.3. The summed E-state index contributed by atoms with van der Waals surface area (Å²) >= 11 is 7.11. The van der Waals surface area contributed by atoms with Crippen LogP contribution in [0.5, 0.6) is 5.88 Å². The lowest BCUT2D eigenvalue weighted by atomic mass is 9.89. The standard InChI is InChI=1S/C31H31N3O4S2/c1-4-33-26(20-13-7-5-8-14-20)27(21-15-9-6-10-16-21)40-30(33)23-18-12-11-17-22(23)25-28(36)32(2)31(39)34(29(25)37)19-24(35)38-3/h5-10,13-17,36H,4,11-12,18-19H2,1-3H3. The highest BCUT2D eigenvalue weighted by Crippen LogP contribution is 2.54. The molecule has 0 saturated heterocycles. The van der Waals surface area contributed by atoms with Crippen molar-refractivity contribution < 1.29 is 14.6 Å². The van der Waals surface area contributed by atoms with E-state index in [0.717, 1.165) is 58.1 Å². The fraction of sp³-hybridized carbons (Fsp3) is 0.258. The number of hydrogen-bond donors (Lipinski definition) is 1. The molecular formula is C31H31N3O4S2. The monoisotopic (exact) mass is 573 g/mol. The van der Waals surface area contributed by atoms with E-state index in [-0.39, 0.29) is 22.8 Å². The van der Waals surface area contributed by atoms with Gasteiger partial charge in [0.2, 0.25) is 5.88 Å². The van der Waals surface area contributed by atoms with Gasteiger partial charge in [0.05, 0.1) is 17.8 Å². The van der Waals surface area contributed by atoms with Crippen molar-refractivity contribution in [3.05, 3.63) is 109 Å². The van der Waals surface area contributed by atoms with Crippen molar-refractivity contribution in [3.63, 3.8) is 0 Å². The first-order chi connectivity index (χ1) is 19.4. The molecule has 1 aliphatic carbocycles. The van der Waals surface area contributed by atoms with Crippen LogP contribution in [0.1, 0.15) is 42.9 Å². The Balaban J connectivity index is 1.73. The molecule has 2 aliphatic rings. The summed E-state index contributed by atoms with van der Waals surface area (Å²) in [6, 6.07) is 20.6. The van der Waals surface area contributed by atoms with E-state index < -0.39 is 11.5 Å². The Morgan fingerprint density at radius 1 is 1.07 bits per heavy atom. The molecule has 206 valence electrons. The van der Waals surface area contributed by atoms with Crippen LogP contribution >= 0.6 is 24.0 Å². The number of aromatic hydroxyl groups is 1. The molecule has 0 radical (unpaired) electrons. The third kappa shape index (κ3) is 4.95. The average molecular weight is 574 g/mol. The minimum atomic E-state index is -0.589. The smallest absolute Gasteiger partial charge is 0.325 e. The molecule has 40 heavy (non-hydrogen) atoms. The van der Waals surface area contributed by atoms with E-state index in [0.29, 0.717) is 5.57 Å². The van der Waals surface area contributed by atoms with Gasteiger partial charge in [-0.2, -0.15) is 0 Å². The molecule has 2 heterocycles. The van der Waals surface area contributed by atoms with Crippen molar-refractivity contribution in [2.75, 3.05) is 13.7 Å². The van der Waals surface area contributed by atoms with Gasteiger partial charge in [-0.25, -0.2) is 0 Å². The number of hydrogen-bond acceptors (Lipinski definition) is 7. The Morgan fingerprint density at radius 3 is 2.35 bits per heavy atom. The van der Waals surface area contributed by atoms with Gasteiger partial charge in [0.15, 0.2) is 4.77 Å². The third-order valence-corrected chi connectivity index (χ3v) is 8.98. The van der Waals surface area contributed by atoms with E-state index in [2.05, 4.69) is 36.1 Å². The van der Waals surface area contributed by atoms with E-state index in [1.54, 1.807) is 18.8 Å². The first-order valence-electron chi connectivity index (χ1n) is 13.2. The molecule has 5 rings (SSSR count). The van der Waals surface area contributed by atoms with Crippen LogP contribution in [-0.2, 0) is 23.1 Å². The van der Waals surface area contributed by atoms with Gasteiger partial charge in [-0.05, 0) is 60.7 Å². The number of carbonyl (C=O) groups excluding carboxylic acids is 1. The van der Waals surface area contributed by atoms with Gasteiger partial charge in [0.1, 0.15) is 12.1 Å². The molecule has 2 aromatic carbocycles. The molecule has 0 atom stereocenters. The largest absolute Gasteiger partial charge is 0.494 e. The molecule has 0 fully saturated rings. The highest BCUT2D eigenvalue weighted by Gasteiger charge is 2.34. The molecular weight excluding hydrogens is 542 g/mol. The molecule has 1 aliphatic heterocycles. The lowest BCUT2D eigenvalue weighted by molar-refractivity contribution is -0.141. The number of aromatic nitrogens is 2. The summed E-state index contributed by atoms with van der Waals surface area (Å²) in [6.07, 6.45) is 4.45. The predicted octanol–water partition coefficient (Wildman–Crippen LogP) is 6.17. The van der Waals surface area contributed by atoms with Crippen molar-refractivity contribution >= 4 is 46.1 Å². The quantitative estimate of drug-likeness (QED) is 0.279. The maximum absolute atomic E-state index is 13.8. The second-order valence-corrected chi connectivity index (χ2v) is 10.9. The van der Waals surface area contributed by atoms with Gasteiger partial charge in [-0.1, -0.05) is 78.5 Å². The molecule has 1 N–H and O–H groups in total. The first-order valence-corrected chi connectivity index (χ1v) is 14.4. The predicted molar refractivity (Wildman–Crippen MR) is 163 cm³/mol. The molecule has 0 unspecified atom stereocenters. The number of nitrogens with zero attached hydrogens (tertiary/aromatic N) is 3. The zero-order valence-electron chi connectivity index (χ0n) is 22.7. The number of esters is 1. The lowest BCUT2D eigenvalue weighted by Crippen LogP contribution is -2.31. The van der Waals surface area contributed by atoms with Gasteiger partial charge in [0.25, 0.3) is 5.56 Å². The molecule has 0 spiro atoms. The van der Waals surface area contributed by atoms with Gasteiger partial charge in [-0.3, -0.25) is 18.7 Å². The van der Waals surface area contributed by atoms with Crippen LogP contribution in [0.25, 0.3) is 16.2 Å². The Labute approximate surface area is 242 Å². The zero-order valence-corrected chi connectivity index (χ0v) is 24.3. The number of carbonyl (C=O) groups is 1. The zero-order chi connectivity index (χ0) is 28.4. The van der Waals surface area contributed by atoms with Gasteiger partial charge in [-0.15, -0.1) is 0 Å². The van der Waals surface area contributed by atoms with Crippen molar-refractivity contribution in [2.24, 2.45) is 7.05 Å². The first kappa shape index (κ1) is 27.7. The van der Waals surface area contributed by atoms with Crippen molar-refractivity contribution in [1.82, 2.24) is 14.0 Å². The summed E-state index contributed by atoms with van der Waals surface area (Å²) < 4.78 is 7.41. The summed E-state index contributed by atoms with van der Waals surface area (Å²) in [5, 5.41) is 12.3. The number of rotatable bonds is 6. The highest BCUT2D eigenvalue weighted by molar-refractivity contribution is 8.12. The molecule has 7 nitrogen and oxygen atoms in total. The molecule has 0 saturated carbocycles. The van der Waals surface area contributed by atoms with E-state index in [9.17, 15) is 14.7 Å². The Bertz CT molecular complexity index is 1670. The van der Waals surface area contributed by atoms with Crippen LogP contribution in [0.2, 0.25) is 0 Å². The van der Waals surface area contributed by atoms with E-state index >= 15 is 0 Å². The third-order valence-electron chi connectivity index (χ3n) is 7.19. The van der Waals surface area contributed by atoms with Crippen molar-refractivity contribution in [1.29, 1.82) is 0 Å². The number of ether oxygens (including phenoxy) is 1. The summed E-state index contributed by atoms with van der Waals surface area (Å²) in [5.74, 6) is -0.804. The minimum absolute atomic E-state index is 0.0482. The van der Waals surface area contributed by atoms with Crippen LogP contribution in [-0.4, -0.2) is 38.8 Å². The number of benzene rings is 2. The van der Waals surface area contributed by atoms with E-state index in [1.165, 1.54) is 16.2 Å². The fourth-order valence-corrected chi connectivity index (χ4v) is 6.87. The number of thioether (sulfide) groups is 1. The van der Waals surface area contributed by atoms with Crippen LogP contribution in [0.15, 0.2) is 82.1 Å². The number of methoxy groups -OCH3 is 1. The summed E-state index contributed by atoms with van der Waals surface area (Å²) in [4.78, 5) is 29.4. The lowest BCUT2D eigenvalue weighted by Gasteiger charge is -2.28. The second-order valence-electron chi connectivity index (χ2n) is 9.56. The fourth-order valence-electron chi connectivity index (χ4n) is 5.20. The van der Waals surface area contributed by atoms with Gasteiger partial charge >= 0.3 is 5.97 Å². The molecule has 0 amide bonds. The Kier molecular flexibility index (Phi) is 8.14. The maximum atomic E-state index is 13.8. The van der Waals surface area contributed by atoms with Crippen molar-refractivity contribution in [2.45, 2.75) is 32.7 Å². The summed E-state index contributed by atoms with van der Waals surface area (Å²) in [5.41, 5.74) is 4.65. The SMILES string of the molecule is CCN1C(=C2CCCC=C2c2c(O)n(C)c(=S)n(CC(=O)OC)c2=O)SC(c2ccccc2)=C1c1ccccc1. The Morgan fingerprint density at radius 2 is 1.73 bits per heavy atom. The molecule has 0 bridgehead atoms. The van der Waals surface area contributed by atoms with Crippen molar-refractivity contribution in [3.8, 4) is 5.88 Å². The summed E-state index contributed by atoms with van der Waals surface area (Å²) in [6.45, 7) is 2.51. The molecule has 1 aromatic heterocycles.